The van der Waals surface area contributed by atoms with Gasteiger partial charge in [-0.2, -0.15) is 0 Å². The normalized spacial score (nSPS) is 18.1. The minimum atomic E-state index is 0.433. The summed E-state index contributed by atoms with van der Waals surface area (Å²) in [6, 6.07) is 6.02. The molecule has 1 N–H and O–H groups in total. The predicted molar refractivity (Wildman–Crippen MR) is 77.3 cm³/mol. The molecule has 1 aliphatic heterocycles. The van der Waals surface area contributed by atoms with Crippen LogP contribution in [0.4, 0.5) is 0 Å². The zero-order valence-electron chi connectivity index (χ0n) is 12.1. The molecule has 0 bridgehead atoms. The summed E-state index contributed by atoms with van der Waals surface area (Å²) in [6.07, 6.45) is 0. The molecule has 0 aromatic heterocycles. The number of ether oxygens (including phenoxy) is 2. The lowest BCUT2D eigenvalue weighted by atomic mass is 9.98. The quantitative estimate of drug-likeness (QED) is 0.878. The Labute approximate surface area is 115 Å². The van der Waals surface area contributed by atoms with Crippen LogP contribution in [0.3, 0.4) is 0 Å². The van der Waals surface area contributed by atoms with Crippen LogP contribution in [0.1, 0.15) is 18.4 Å². The van der Waals surface area contributed by atoms with Gasteiger partial charge in [0.05, 0.1) is 14.2 Å². The third-order valence-corrected chi connectivity index (χ3v) is 3.71. The van der Waals surface area contributed by atoms with E-state index in [2.05, 4.69) is 23.2 Å². The molecule has 0 radical (unpaired) electrons. The molecule has 4 heteroatoms. The minimum Gasteiger partial charge on any atom is -0.497 e. The summed E-state index contributed by atoms with van der Waals surface area (Å²) in [4.78, 5) is 2.50. The Balaban J connectivity index is 2.09. The fourth-order valence-electron chi connectivity index (χ4n) is 2.60. The molecule has 4 nitrogen and oxygen atoms in total. The molecule has 1 unspecified atom stereocenters. The average Bonchev–Trinajstić information content (AvgIpc) is 2.47. The average molecular weight is 264 g/mol. The Morgan fingerprint density at radius 1 is 1.21 bits per heavy atom. The Morgan fingerprint density at radius 3 is 2.58 bits per heavy atom. The second kappa shape index (κ2) is 6.78. The summed E-state index contributed by atoms with van der Waals surface area (Å²) < 4.78 is 10.8. The second-order valence-electron chi connectivity index (χ2n) is 5.06. The van der Waals surface area contributed by atoms with E-state index in [0.717, 1.165) is 44.2 Å². The largest absolute Gasteiger partial charge is 0.497 e. The minimum absolute atomic E-state index is 0.433. The third kappa shape index (κ3) is 3.61. The van der Waals surface area contributed by atoms with Crippen LogP contribution in [0.2, 0.25) is 0 Å². The van der Waals surface area contributed by atoms with Crippen LogP contribution in [0.15, 0.2) is 18.2 Å². The number of nitrogens with one attached hydrogen (secondary N) is 1. The first-order chi connectivity index (χ1) is 9.24. The van der Waals surface area contributed by atoms with Gasteiger partial charge in [0.25, 0.3) is 0 Å². The van der Waals surface area contributed by atoms with E-state index in [-0.39, 0.29) is 0 Å². The van der Waals surface area contributed by atoms with Gasteiger partial charge >= 0.3 is 0 Å². The van der Waals surface area contributed by atoms with Crippen molar-refractivity contribution in [2.75, 3.05) is 46.9 Å². The van der Waals surface area contributed by atoms with E-state index in [9.17, 15) is 0 Å². The molecule has 2 rings (SSSR count). The van der Waals surface area contributed by atoms with Crippen LogP contribution in [0.25, 0.3) is 0 Å². The summed E-state index contributed by atoms with van der Waals surface area (Å²) in [7, 11) is 3.43. The van der Waals surface area contributed by atoms with Crippen LogP contribution in [-0.2, 0) is 0 Å². The van der Waals surface area contributed by atoms with Crippen molar-refractivity contribution in [1.82, 2.24) is 10.2 Å². The Hall–Kier alpha value is -1.26. The lowest BCUT2D eigenvalue weighted by Gasteiger charge is -2.30. The zero-order chi connectivity index (χ0) is 13.7. The van der Waals surface area contributed by atoms with Crippen LogP contribution in [0.5, 0.6) is 11.5 Å². The van der Waals surface area contributed by atoms with Crippen LogP contribution < -0.4 is 14.8 Å². The maximum absolute atomic E-state index is 5.47. The monoisotopic (exact) mass is 264 g/mol. The van der Waals surface area contributed by atoms with Gasteiger partial charge in [-0.3, -0.25) is 0 Å². The number of methoxy groups -OCH3 is 2. The molecule has 0 amide bonds. The summed E-state index contributed by atoms with van der Waals surface area (Å²) in [5.74, 6) is 2.27. The first-order valence-electron chi connectivity index (χ1n) is 6.89. The highest BCUT2D eigenvalue weighted by molar-refractivity contribution is 5.42. The highest BCUT2D eigenvalue weighted by Gasteiger charge is 2.17. The van der Waals surface area contributed by atoms with Gasteiger partial charge in [0.2, 0.25) is 0 Å². The molecule has 1 atom stereocenters. The van der Waals surface area contributed by atoms with Crippen molar-refractivity contribution in [2.45, 2.75) is 12.8 Å². The molecular weight excluding hydrogens is 240 g/mol. The smallest absolute Gasteiger partial charge is 0.122 e. The molecule has 1 aromatic rings. The number of hydrogen-bond acceptors (Lipinski definition) is 4. The number of hydrogen-bond donors (Lipinski definition) is 1. The van der Waals surface area contributed by atoms with E-state index in [0.29, 0.717) is 5.92 Å². The van der Waals surface area contributed by atoms with E-state index in [4.69, 9.17) is 9.47 Å². The van der Waals surface area contributed by atoms with E-state index in [1.165, 1.54) is 5.56 Å². The Bertz CT molecular complexity index is 403. The SMILES string of the molecule is COc1ccc(OC)c(C(C)CN2CCNCC2)c1. The fourth-order valence-corrected chi connectivity index (χ4v) is 2.60. The number of piperazine rings is 1. The van der Waals surface area contributed by atoms with E-state index in [1.54, 1.807) is 14.2 Å². The molecule has 19 heavy (non-hydrogen) atoms. The second-order valence-corrected chi connectivity index (χ2v) is 5.06. The Morgan fingerprint density at radius 2 is 1.95 bits per heavy atom. The van der Waals surface area contributed by atoms with Gasteiger partial charge < -0.3 is 19.7 Å². The van der Waals surface area contributed by atoms with E-state index in [1.807, 2.05) is 12.1 Å². The van der Waals surface area contributed by atoms with Gasteiger partial charge in [0.1, 0.15) is 11.5 Å². The molecule has 0 aliphatic carbocycles. The number of benzene rings is 1. The molecule has 1 aromatic carbocycles. The van der Waals surface area contributed by atoms with E-state index < -0.39 is 0 Å². The van der Waals surface area contributed by atoms with Crippen molar-refractivity contribution in [1.29, 1.82) is 0 Å². The highest BCUT2D eigenvalue weighted by Crippen LogP contribution is 2.30. The topological polar surface area (TPSA) is 33.7 Å². The molecule has 106 valence electrons. The first-order valence-corrected chi connectivity index (χ1v) is 6.89. The maximum atomic E-state index is 5.47. The molecule has 0 saturated carbocycles. The third-order valence-electron chi connectivity index (χ3n) is 3.71. The number of rotatable bonds is 5. The van der Waals surface area contributed by atoms with Crippen molar-refractivity contribution < 1.29 is 9.47 Å². The summed E-state index contributed by atoms with van der Waals surface area (Å²) >= 11 is 0. The van der Waals surface area contributed by atoms with Gasteiger partial charge in [-0.15, -0.1) is 0 Å². The van der Waals surface area contributed by atoms with Crippen molar-refractivity contribution in [3.63, 3.8) is 0 Å². The molecule has 0 spiro atoms. The summed E-state index contributed by atoms with van der Waals surface area (Å²) in [5, 5.41) is 3.38. The van der Waals surface area contributed by atoms with Crippen LogP contribution in [-0.4, -0.2) is 51.8 Å². The van der Waals surface area contributed by atoms with E-state index >= 15 is 0 Å². The zero-order valence-corrected chi connectivity index (χ0v) is 12.1. The lowest BCUT2D eigenvalue weighted by molar-refractivity contribution is 0.229. The number of nitrogens with zero attached hydrogens (tertiary/aromatic N) is 1. The molecule has 1 aliphatic rings. The van der Waals surface area contributed by atoms with Gasteiger partial charge in [-0.1, -0.05) is 6.92 Å². The fraction of sp³-hybridized carbons (Fsp3) is 0.600. The molecule has 1 heterocycles. The van der Waals surface area contributed by atoms with Crippen molar-refractivity contribution in [3.8, 4) is 11.5 Å². The van der Waals surface area contributed by atoms with Gasteiger partial charge in [-0.05, 0) is 24.1 Å². The summed E-state index contributed by atoms with van der Waals surface area (Å²) in [6.45, 7) is 7.72. The van der Waals surface area contributed by atoms with Crippen LogP contribution >= 0.6 is 0 Å². The highest BCUT2D eigenvalue weighted by atomic mass is 16.5. The molecule has 1 saturated heterocycles. The van der Waals surface area contributed by atoms with Crippen molar-refractivity contribution in [3.05, 3.63) is 23.8 Å². The van der Waals surface area contributed by atoms with Crippen molar-refractivity contribution in [2.24, 2.45) is 0 Å². The molecular formula is C15H24N2O2. The molecule has 1 fully saturated rings. The van der Waals surface area contributed by atoms with Gasteiger partial charge in [-0.25, -0.2) is 0 Å². The Kier molecular flexibility index (Phi) is 5.05. The first kappa shape index (κ1) is 14.2. The maximum Gasteiger partial charge on any atom is 0.122 e. The van der Waals surface area contributed by atoms with Gasteiger partial charge in [0.15, 0.2) is 0 Å². The van der Waals surface area contributed by atoms with Crippen LogP contribution in [0, 0.1) is 0 Å². The van der Waals surface area contributed by atoms with Crippen molar-refractivity contribution >= 4 is 0 Å². The summed E-state index contributed by atoms with van der Waals surface area (Å²) in [5.41, 5.74) is 1.22. The predicted octanol–water partition coefficient (Wildman–Crippen LogP) is 1.71. The standard InChI is InChI=1S/C15H24N2O2/c1-12(11-17-8-6-16-7-9-17)14-10-13(18-2)4-5-15(14)19-3/h4-5,10,12,16H,6-9,11H2,1-3H3. The van der Waals surface area contributed by atoms with Gasteiger partial charge in [0, 0.05) is 38.3 Å². The lowest BCUT2D eigenvalue weighted by Crippen LogP contribution is -2.44.